The summed E-state index contributed by atoms with van der Waals surface area (Å²) in [7, 11) is -2.10. The maximum atomic E-state index is 13.3. The van der Waals surface area contributed by atoms with Gasteiger partial charge in [-0.1, -0.05) is 20.8 Å². The lowest BCUT2D eigenvalue weighted by Gasteiger charge is -2.38. The SMILES string of the molecule is CC(C)(C)[Si](C)(C)OC1CC([C@@H]2C[C@H]2CNC(=O)OCc2ccc([N+](=O)[O-])cc2)N(C(=O)OCc2ccc([N+](=O)[O-])cc2)C1. The van der Waals surface area contributed by atoms with Crippen molar-refractivity contribution in [2.45, 2.75) is 77.1 Å². The van der Waals surface area contributed by atoms with Crippen LogP contribution in [0.2, 0.25) is 18.1 Å². The predicted molar refractivity (Wildman–Crippen MR) is 163 cm³/mol. The van der Waals surface area contributed by atoms with Gasteiger partial charge in [-0.25, -0.2) is 9.59 Å². The van der Waals surface area contributed by atoms with Crippen molar-refractivity contribution in [1.82, 2.24) is 10.2 Å². The van der Waals surface area contributed by atoms with Gasteiger partial charge in [0.05, 0.1) is 16.0 Å². The molecule has 0 radical (unpaired) electrons. The number of carbonyl (C=O) groups excluding carboxylic acids is 2. The normalized spacial score (nSPS) is 21.4. The summed E-state index contributed by atoms with van der Waals surface area (Å²) in [5, 5.41) is 24.5. The van der Waals surface area contributed by atoms with Crippen LogP contribution < -0.4 is 5.32 Å². The summed E-state index contributed by atoms with van der Waals surface area (Å²) in [6.07, 6.45) is 0.320. The number of nitrogens with one attached hydrogen (secondary N) is 1. The van der Waals surface area contributed by atoms with E-state index in [1.807, 2.05) is 0 Å². The maximum absolute atomic E-state index is 13.3. The quantitative estimate of drug-likeness (QED) is 0.174. The first-order valence-electron chi connectivity index (χ1n) is 14.6. The molecule has 1 saturated heterocycles. The molecule has 13 nitrogen and oxygen atoms in total. The van der Waals surface area contributed by atoms with Gasteiger partial charge in [0.2, 0.25) is 0 Å². The average Bonchev–Trinajstić information content (AvgIpc) is 3.63. The van der Waals surface area contributed by atoms with Crippen molar-refractivity contribution < 1.29 is 33.3 Å². The van der Waals surface area contributed by atoms with Crippen LogP contribution in [0.1, 0.15) is 44.7 Å². The van der Waals surface area contributed by atoms with E-state index in [0.717, 1.165) is 6.42 Å². The molecule has 1 aliphatic carbocycles. The molecule has 1 aliphatic heterocycles. The second-order valence-electron chi connectivity index (χ2n) is 13.0. The number of nitrogens with zero attached hydrogens (tertiary/aromatic N) is 3. The van der Waals surface area contributed by atoms with Gasteiger partial charge in [0.1, 0.15) is 13.2 Å². The molecule has 2 unspecified atom stereocenters. The molecule has 2 aliphatic rings. The van der Waals surface area contributed by atoms with Crippen molar-refractivity contribution in [3.05, 3.63) is 79.9 Å². The van der Waals surface area contributed by atoms with Crippen LogP contribution in [0.5, 0.6) is 0 Å². The van der Waals surface area contributed by atoms with Crippen molar-refractivity contribution in [1.29, 1.82) is 0 Å². The summed E-state index contributed by atoms with van der Waals surface area (Å²) in [6, 6.07) is 11.6. The zero-order valence-electron chi connectivity index (χ0n) is 25.7. The number of non-ortho nitro benzene ring substituents is 2. The topological polar surface area (TPSA) is 163 Å². The molecular weight excluding hydrogens is 588 g/mol. The Bertz CT molecular complexity index is 1360. The van der Waals surface area contributed by atoms with Gasteiger partial charge in [-0.3, -0.25) is 20.2 Å². The van der Waals surface area contributed by atoms with Crippen LogP contribution >= 0.6 is 0 Å². The molecule has 238 valence electrons. The van der Waals surface area contributed by atoms with E-state index in [2.05, 4.69) is 39.2 Å². The van der Waals surface area contributed by atoms with E-state index < -0.39 is 30.4 Å². The Morgan fingerprint density at radius 2 is 1.43 bits per heavy atom. The monoisotopic (exact) mass is 628 g/mol. The zero-order chi connectivity index (χ0) is 32.2. The minimum atomic E-state index is -2.10. The molecule has 4 rings (SSSR count). The predicted octanol–water partition coefficient (Wildman–Crippen LogP) is 6.17. The number of nitro groups is 2. The van der Waals surface area contributed by atoms with Crippen LogP contribution in [0.4, 0.5) is 21.0 Å². The Hall–Kier alpha value is -4.04. The minimum Gasteiger partial charge on any atom is -0.445 e. The van der Waals surface area contributed by atoms with Gasteiger partial charge in [0, 0.05) is 43.4 Å². The number of hydrogen-bond donors (Lipinski definition) is 1. The van der Waals surface area contributed by atoms with Gasteiger partial charge < -0.3 is 24.1 Å². The number of nitro benzene ring substituents is 2. The fraction of sp³-hybridized carbons (Fsp3) is 0.533. The average molecular weight is 629 g/mol. The molecule has 0 bridgehead atoms. The third-order valence-electron chi connectivity index (χ3n) is 8.81. The lowest BCUT2D eigenvalue weighted by molar-refractivity contribution is -0.385. The van der Waals surface area contributed by atoms with Crippen LogP contribution in [-0.4, -0.2) is 60.5 Å². The fourth-order valence-corrected chi connectivity index (χ4v) is 6.53. The Balaban J connectivity index is 1.33. The van der Waals surface area contributed by atoms with Crippen molar-refractivity contribution in [2.24, 2.45) is 11.8 Å². The second-order valence-corrected chi connectivity index (χ2v) is 17.7. The smallest absolute Gasteiger partial charge is 0.410 e. The first kappa shape index (κ1) is 32.9. The molecule has 0 spiro atoms. The standard InChI is InChI=1S/C30H40N4O9Si/c1-30(2,3)44(4,5)43-25-15-27(32(17-25)29(36)42-19-21-8-12-24(13-9-21)34(39)40)26-14-22(26)16-31-28(35)41-18-20-6-10-23(11-7-20)33(37)38/h6-13,22,25-27H,14-19H2,1-5H3,(H,31,35)/t22-,25?,26+,27?/m0/s1. The molecule has 2 amide bonds. The minimum absolute atomic E-state index is 0.00715. The van der Waals surface area contributed by atoms with Gasteiger partial charge in [-0.2, -0.15) is 0 Å². The number of hydrogen-bond acceptors (Lipinski definition) is 9. The van der Waals surface area contributed by atoms with Crippen molar-refractivity contribution >= 4 is 31.9 Å². The van der Waals surface area contributed by atoms with Crippen LogP contribution in [0.3, 0.4) is 0 Å². The highest BCUT2D eigenvalue weighted by molar-refractivity contribution is 6.74. The Kier molecular flexibility index (Phi) is 9.93. The lowest BCUT2D eigenvalue weighted by Crippen LogP contribution is -2.44. The lowest BCUT2D eigenvalue weighted by atomic mass is 10.1. The molecule has 0 aromatic heterocycles. The van der Waals surface area contributed by atoms with E-state index in [-0.39, 0.29) is 53.6 Å². The first-order chi connectivity index (χ1) is 20.6. The molecule has 14 heteroatoms. The number of ether oxygens (including phenoxy) is 2. The van der Waals surface area contributed by atoms with E-state index in [9.17, 15) is 29.8 Å². The van der Waals surface area contributed by atoms with Gasteiger partial charge in [-0.15, -0.1) is 0 Å². The summed E-state index contributed by atoms with van der Waals surface area (Å²) < 4.78 is 17.6. The van der Waals surface area contributed by atoms with Crippen LogP contribution in [0, 0.1) is 32.1 Å². The van der Waals surface area contributed by atoms with E-state index in [1.165, 1.54) is 24.3 Å². The Labute approximate surface area is 257 Å². The van der Waals surface area contributed by atoms with Gasteiger partial charge >= 0.3 is 12.2 Å². The van der Waals surface area contributed by atoms with E-state index >= 15 is 0 Å². The van der Waals surface area contributed by atoms with Crippen molar-refractivity contribution in [2.75, 3.05) is 13.1 Å². The van der Waals surface area contributed by atoms with E-state index in [1.54, 1.807) is 29.2 Å². The summed E-state index contributed by atoms with van der Waals surface area (Å²) >= 11 is 0. The van der Waals surface area contributed by atoms with Crippen molar-refractivity contribution in [3.63, 3.8) is 0 Å². The fourth-order valence-electron chi connectivity index (χ4n) is 5.17. The van der Waals surface area contributed by atoms with Gasteiger partial charge in [0.25, 0.3) is 11.4 Å². The summed E-state index contributed by atoms with van der Waals surface area (Å²) in [4.78, 5) is 48.2. The first-order valence-corrected chi connectivity index (χ1v) is 17.5. The van der Waals surface area contributed by atoms with E-state index in [0.29, 0.717) is 30.6 Å². The summed E-state index contributed by atoms with van der Waals surface area (Å²) in [6.45, 7) is 11.7. The van der Waals surface area contributed by atoms with Gasteiger partial charge in [0.15, 0.2) is 8.32 Å². The third kappa shape index (κ3) is 8.32. The largest absolute Gasteiger partial charge is 0.445 e. The molecule has 44 heavy (non-hydrogen) atoms. The molecule has 1 N–H and O–H groups in total. The van der Waals surface area contributed by atoms with Crippen molar-refractivity contribution in [3.8, 4) is 0 Å². The highest BCUT2D eigenvalue weighted by Gasteiger charge is 2.52. The zero-order valence-corrected chi connectivity index (χ0v) is 26.7. The van der Waals surface area contributed by atoms with Crippen LogP contribution in [-0.2, 0) is 27.1 Å². The van der Waals surface area contributed by atoms with Gasteiger partial charge in [-0.05, 0) is 78.2 Å². The maximum Gasteiger partial charge on any atom is 0.410 e. The molecule has 4 atom stereocenters. The number of alkyl carbamates (subject to hydrolysis) is 1. The highest BCUT2D eigenvalue weighted by Crippen LogP contribution is 2.47. The summed E-state index contributed by atoms with van der Waals surface area (Å²) in [5.74, 6) is 0.313. The molecule has 1 heterocycles. The third-order valence-corrected chi connectivity index (χ3v) is 13.3. The molecule has 1 saturated carbocycles. The number of amides is 2. The Morgan fingerprint density at radius 3 is 1.93 bits per heavy atom. The highest BCUT2D eigenvalue weighted by atomic mass is 28.4. The molecule has 2 aromatic rings. The number of carbonyl (C=O) groups is 2. The number of benzene rings is 2. The molecular formula is C30H40N4O9Si. The second kappa shape index (κ2) is 13.3. The molecule has 2 fully saturated rings. The number of likely N-dealkylation sites (tertiary alicyclic amines) is 1. The van der Waals surface area contributed by atoms with Crippen LogP contribution in [0.25, 0.3) is 0 Å². The summed E-state index contributed by atoms with van der Waals surface area (Å²) in [5.41, 5.74) is 1.21. The Morgan fingerprint density at radius 1 is 0.909 bits per heavy atom. The number of rotatable bonds is 11. The molecule has 2 aromatic carbocycles. The van der Waals surface area contributed by atoms with E-state index in [4.69, 9.17) is 13.9 Å². The van der Waals surface area contributed by atoms with Crippen LogP contribution in [0.15, 0.2) is 48.5 Å².